The van der Waals surface area contributed by atoms with Crippen molar-refractivity contribution in [2.75, 3.05) is 6.61 Å². The van der Waals surface area contributed by atoms with Gasteiger partial charge in [-0.2, -0.15) is 0 Å². The van der Waals surface area contributed by atoms with Crippen LogP contribution in [-0.2, 0) is 4.79 Å². The number of aliphatic hydroxyl groups is 1. The topological polar surface area (TPSA) is 58.6 Å². The number of hydrogen-bond donors (Lipinski definition) is 2. The summed E-state index contributed by atoms with van der Waals surface area (Å²) in [5, 5.41) is 11.9. The lowest BCUT2D eigenvalue weighted by Crippen LogP contribution is -2.48. The van der Waals surface area contributed by atoms with Crippen LogP contribution < -0.4 is 10.1 Å². The first-order valence-corrected chi connectivity index (χ1v) is 6.22. The minimum Gasteiger partial charge on any atom is -0.484 e. The van der Waals surface area contributed by atoms with E-state index in [0.717, 1.165) is 5.56 Å². The molecule has 0 aliphatic heterocycles. The van der Waals surface area contributed by atoms with E-state index in [2.05, 4.69) is 5.32 Å². The van der Waals surface area contributed by atoms with Crippen LogP contribution >= 0.6 is 0 Å². The molecule has 1 amide bonds. The SMILES string of the molecule is Cc1ccc(OCC(=O)NC2CC(O)C2)cc1C. The van der Waals surface area contributed by atoms with Crippen LogP contribution in [0.2, 0.25) is 0 Å². The molecule has 1 saturated carbocycles. The van der Waals surface area contributed by atoms with Crippen LogP contribution in [-0.4, -0.2) is 29.8 Å². The highest BCUT2D eigenvalue weighted by molar-refractivity contribution is 5.78. The third kappa shape index (κ3) is 3.23. The van der Waals surface area contributed by atoms with Gasteiger partial charge in [-0.1, -0.05) is 6.07 Å². The van der Waals surface area contributed by atoms with Crippen molar-refractivity contribution in [2.45, 2.75) is 38.8 Å². The summed E-state index contributed by atoms with van der Waals surface area (Å²) in [5.41, 5.74) is 2.35. The molecule has 0 bridgehead atoms. The molecule has 0 atom stereocenters. The van der Waals surface area contributed by atoms with E-state index >= 15 is 0 Å². The van der Waals surface area contributed by atoms with Gasteiger partial charge in [0.1, 0.15) is 5.75 Å². The normalized spacial score (nSPS) is 22.2. The van der Waals surface area contributed by atoms with Crippen LogP contribution in [0, 0.1) is 13.8 Å². The Balaban J connectivity index is 1.76. The zero-order valence-corrected chi connectivity index (χ0v) is 10.8. The third-order valence-corrected chi connectivity index (χ3v) is 3.33. The fraction of sp³-hybridized carbons (Fsp3) is 0.500. The van der Waals surface area contributed by atoms with Gasteiger partial charge < -0.3 is 15.2 Å². The predicted octanol–water partition coefficient (Wildman–Crippen LogP) is 1.32. The van der Waals surface area contributed by atoms with E-state index < -0.39 is 0 Å². The number of aliphatic hydroxyl groups excluding tert-OH is 1. The minimum absolute atomic E-state index is 0.0229. The number of ether oxygens (including phenoxy) is 1. The molecule has 0 aromatic heterocycles. The van der Waals surface area contributed by atoms with Crippen molar-refractivity contribution in [3.63, 3.8) is 0 Å². The number of carbonyl (C=O) groups is 1. The summed E-state index contributed by atoms with van der Waals surface area (Å²) in [5.74, 6) is 0.576. The number of rotatable bonds is 4. The van der Waals surface area contributed by atoms with E-state index in [9.17, 15) is 4.79 Å². The van der Waals surface area contributed by atoms with E-state index in [1.165, 1.54) is 5.56 Å². The van der Waals surface area contributed by atoms with E-state index in [1.807, 2.05) is 32.0 Å². The predicted molar refractivity (Wildman–Crippen MR) is 68.6 cm³/mol. The molecule has 1 aromatic carbocycles. The number of amides is 1. The maximum absolute atomic E-state index is 11.6. The first-order valence-electron chi connectivity index (χ1n) is 6.22. The number of hydrogen-bond acceptors (Lipinski definition) is 3. The monoisotopic (exact) mass is 249 g/mol. The molecule has 1 fully saturated rings. The second-order valence-corrected chi connectivity index (χ2v) is 4.92. The van der Waals surface area contributed by atoms with Crippen molar-refractivity contribution in [1.82, 2.24) is 5.32 Å². The molecule has 0 radical (unpaired) electrons. The molecular weight excluding hydrogens is 230 g/mol. The number of benzene rings is 1. The Morgan fingerprint density at radius 1 is 1.39 bits per heavy atom. The molecule has 1 aliphatic rings. The lowest BCUT2D eigenvalue weighted by Gasteiger charge is -2.31. The second kappa shape index (κ2) is 5.40. The molecule has 4 nitrogen and oxygen atoms in total. The van der Waals surface area contributed by atoms with Crippen LogP contribution in [0.5, 0.6) is 5.75 Å². The molecule has 2 N–H and O–H groups in total. The summed E-state index contributed by atoms with van der Waals surface area (Å²) < 4.78 is 5.43. The van der Waals surface area contributed by atoms with Crippen molar-refractivity contribution >= 4 is 5.91 Å². The summed E-state index contributed by atoms with van der Waals surface area (Å²) >= 11 is 0. The van der Waals surface area contributed by atoms with Crippen molar-refractivity contribution in [3.05, 3.63) is 29.3 Å². The highest BCUT2D eigenvalue weighted by Gasteiger charge is 2.28. The summed E-state index contributed by atoms with van der Waals surface area (Å²) in [7, 11) is 0. The van der Waals surface area contributed by atoms with E-state index in [4.69, 9.17) is 9.84 Å². The lowest BCUT2D eigenvalue weighted by atomic mass is 9.89. The quantitative estimate of drug-likeness (QED) is 0.846. The zero-order valence-electron chi connectivity index (χ0n) is 10.8. The van der Waals surface area contributed by atoms with Crippen LogP contribution in [0.4, 0.5) is 0 Å². The molecule has 0 saturated heterocycles. The number of aryl methyl sites for hydroxylation is 2. The summed E-state index contributed by atoms with van der Waals surface area (Å²) in [6.45, 7) is 4.07. The summed E-state index contributed by atoms with van der Waals surface area (Å²) in [6, 6.07) is 5.87. The van der Waals surface area contributed by atoms with E-state index in [1.54, 1.807) is 0 Å². The fourth-order valence-electron chi connectivity index (χ4n) is 1.93. The maximum atomic E-state index is 11.6. The maximum Gasteiger partial charge on any atom is 0.258 e. The fourth-order valence-corrected chi connectivity index (χ4v) is 1.93. The Bertz CT molecular complexity index is 439. The molecule has 0 heterocycles. The first-order chi connectivity index (χ1) is 8.54. The number of nitrogens with one attached hydrogen (secondary N) is 1. The lowest BCUT2D eigenvalue weighted by molar-refractivity contribution is -0.125. The van der Waals surface area contributed by atoms with Crippen LogP contribution in [0.3, 0.4) is 0 Å². The Morgan fingerprint density at radius 2 is 2.11 bits per heavy atom. The molecule has 0 unspecified atom stereocenters. The van der Waals surface area contributed by atoms with Crippen molar-refractivity contribution in [2.24, 2.45) is 0 Å². The van der Waals surface area contributed by atoms with Gasteiger partial charge in [-0.25, -0.2) is 0 Å². The van der Waals surface area contributed by atoms with E-state index in [-0.39, 0.29) is 24.7 Å². The van der Waals surface area contributed by atoms with Gasteiger partial charge >= 0.3 is 0 Å². The summed E-state index contributed by atoms with van der Waals surface area (Å²) in [4.78, 5) is 11.6. The van der Waals surface area contributed by atoms with Crippen molar-refractivity contribution in [3.8, 4) is 5.75 Å². The average Bonchev–Trinajstić information content (AvgIpc) is 2.29. The number of carbonyl (C=O) groups excluding carboxylic acids is 1. The highest BCUT2D eigenvalue weighted by atomic mass is 16.5. The van der Waals surface area contributed by atoms with Gasteiger partial charge in [-0.3, -0.25) is 4.79 Å². The van der Waals surface area contributed by atoms with Gasteiger partial charge in [-0.05, 0) is 49.9 Å². The molecule has 1 aromatic rings. The van der Waals surface area contributed by atoms with Gasteiger partial charge in [0, 0.05) is 6.04 Å². The Morgan fingerprint density at radius 3 is 2.72 bits per heavy atom. The second-order valence-electron chi connectivity index (χ2n) is 4.92. The Hall–Kier alpha value is -1.55. The molecule has 18 heavy (non-hydrogen) atoms. The van der Waals surface area contributed by atoms with Gasteiger partial charge in [-0.15, -0.1) is 0 Å². The highest BCUT2D eigenvalue weighted by Crippen LogP contribution is 2.19. The molecule has 1 aliphatic carbocycles. The van der Waals surface area contributed by atoms with Crippen molar-refractivity contribution < 1.29 is 14.6 Å². The van der Waals surface area contributed by atoms with Crippen LogP contribution in [0.25, 0.3) is 0 Å². The van der Waals surface area contributed by atoms with Crippen LogP contribution in [0.1, 0.15) is 24.0 Å². The molecule has 4 heteroatoms. The molecule has 2 rings (SSSR count). The Labute approximate surface area is 107 Å². The minimum atomic E-state index is -0.254. The van der Waals surface area contributed by atoms with Gasteiger partial charge in [0.25, 0.3) is 5.91 Å². The molecule has 0 spiro atoms. The van der Waals surface area contributed by atoms with Crippen LogP contribution in [0.15, 0.2) is 18.2 Å². The van der Waals surface area contributed by atoms with Gasteiger partial charge in [0.2, 0.25) is 0 Å². The molecule has 98 valence electrons. The van der Waals surface area contributed by atoms with Gasteiger partial charge in [0.05, 0.1) is 6.10 Å². The molecular formula is C14H19NO3. The summed E-state index contributed by atoms with van der Waals surface area (Å²) in [6.07, 6.45) is 1.04. The third-order valence-electron chi connectivity index (χ3n) is 3.33. The van der Waals surface area contributed by atoms with Crippen molar-refractivity contribution in [1.29, 1.82) is 0 Å². The smallest absolute Gasteiger partial charge is 0.258 e. The zero-order chi connectivity index (χ0) is 13.1. The first kappa shape index (κ1) is 12.9. The van der Waals surface area contributed by atoms with E-state index in [0.29, 0.717) is 18.6 Å². The average molecular weight is 249 g/mol. The Kier molecular flexibility index (Phi) is 3.87. The standard InChI is InChI=1S/C14H19NO3/c1-9-3-4-13(5-10(9)2)18-8-14(17)15-11-6-12(16)7-11/h3-5,11-12,16H,6-8H2,1-2H3,(H,15,17). The van der Waals surface area contributed by atoms with Gasteiger partial charge in [0.15, 0.2) is 6.61 Å². The largest absolute Gasteiger partial charge is 0.484 e.